The van der Waals surface area contributed by atoms with Gasteiger partial charge in [0, 0.05) is 17.3 Å². The van der Waals surface area contributed by atoms with Gasteiger partial charge in [-0.15, -0.1) is 0 Å². The van der Waals surface area contributed by atoms with Crippen LogP contribution in [0.3, 0.4) is 0 Å². The van der Waals surface area contributed by atoms with E-state index in [1.165, 1.54) is 36.9 Å². The zero-order valence-electron chi connectivity index (χ0n) is 15.4. The summed E-state index contributed by atoms with van der Waals surface area (Å²) in [7, 11) is 0. The zero-order valence-corrected chi connectivity index (χ0v) is 15.4. The molecule has 2 fully saturated rings. The monoisotopic (exact) mass is 337 g/mol. The number of amides is 1. The Morgan fingerprint density at radius 2 is 1.96 bits per heavy atom. The normalized spacial score (nSPS) is 24.7. The molecule has 25 heavy (non-hydrogen) atoms. The molecule has 2 saturated carbocycles. The van der Waals surface area contributed by atoms with Crippen molar-refractivity contribution in [3.05, 3.63) is 46.8 Å². The molecule has 1 heterocycles. The topological polar surface area (TPSA) is 46.9 Å². The van der Waals surface area contributed by atoms with E-state index < -0.39 is 0 Å². The number of fused-ring (bicyclic) bond motifs is 2. The molecule has 0 saturated heterocycles. The van der Waals surface area contributed by atoms with Crippen molar-refractivity contribution in [2.24, 2.45) is 11.8 Å². The van der Waals surface area contributed by atoms with Gasteiger partial charge in [0.1, 0.15) is 0 Å². The van der Waals surface area contributed by atoms with Crippen LogP contribution in [0.25, 0.3) is 5.69 Å². The Morgan fingerprint density at radius 1 is 1.20 bits per heavy atom. The number of aryl methyl sites for hydroxylation is 1. The Hall–Kier alpha value is -2.10. The molecule has 4 nitrogen and oxygen atoms in total. The summed E-state index contributed by atoms with van der Waals surface area (Å²) in [5.74, 6) is 1.61. The summed E-state index contributed by atoms with van der Waals surface area (Å²) in [5.41, 5.74) is 5.32. The van der Waals surface area contributed by atoms with Crippen LogP contribution in [0.1, 0.15) is 59.9 Å². The Labute approximate surface area is 149 Å². The average molecular weight is 337 g/mol. The minimum atomic E-state index is 0.0618. The highest BCUT2D eigenvalue weighted by Crippen LogP contribution is 2.44. The quantitative estimate of drug-likeness (QED) is 0.917. The first-order chi connectivity index (χ1) is 12.1. The van der Waals surface area contributed by atoms with Crippen molar-refractivity contribution in [1.82, 2.24) is 15.1 Å². The number of hydrogen-bond donors (Lipinski definition) is 1. The predicted molar refractivity (Wildman–Crippen MR) is 99.1 cm³/mol. The van der Waals surface area contributed by atoms with Crippen molar-refractivity contribution in [1.29, 1.82) is 0 Å². The smallest absolute Gasteiger partial charge is 0.251 e. The lowest BCUT2D eigenvalue weighted by molar-refractivity contribution is 0.0923. The molecule has 2 aliphatic rings. The second-order valence-corrected chi connectivity index (χ2v) is 7.72. The molecule has 1 aromatic heterocycles. The van der Waals surface area contributed by atoms with Gasteiger partial charge in [-0.05, 0) is 81.2 Å². The number of benzene rings is 1. The Morgan fingerprint density at radius 3 is 2.52 bits per heavy atom. The summed E-state index contributed by atoms with van der Waals surface area (Å²) in [6.45, 7) is 6.32. The van der Waals surface area contributed by atoms with Gasteiger partial charge in [0.2, 0.25) is 0 Å². The highest BCUT2D eigenvalue weighted by Gasteiger charge is 2.40. The highest BCUT2D eigenvalue weighted by molar-refractivity contribution is 5.94. The van der Waals surface area contributed by atoms with Gasteiger partial charge in [0.05, 0.1) is 11.4 Å². The largest absolute Gasteiger partial charge is 0.349 e. The first-order valence-electron chi connectivity index (χ1n) is 9.53. The van der Waals surface area contributed by atoms with Crippen molar-refractivity contribution in [2.45, 2.75) is 58.9 Å². The maximum Gasteiger partial charge on any atom is 0.251 e. The molecular weight excluding hydrogens is 310 g/mol. The molecule has 0 aliphatic heterocycles. The summed E-state index contributed by atoms with van der Waals surface area (Å²) in [5, 5.41) is 7.91. The molecule has 2 aliphatic carbocycles. The van der Waals surface area contributed by atoms with Gasteiger partial charge in [-0.2, -0.15) is 5.10 Å². The van der Waals surface area contributed by atoms with Gasteiger partial charge in [0.15, 0.2) is 0 Å². The predicted octanol–water partition coefficient (Wildman–Crippen LogP) is 3.97. The fourth-order valence-corrected chi connectivity index (χ4v) is 4.87. The third kappa shape index (κ3) is 2.88. The second-order valence-electron chi connectivity index (χ2n) is 7.72. The molecule has 4 heteroatoms. The van der Waals surface area contributed by atoms with E-state index in [1.54, 1.807) is 0 Å². The second kappa shape index (κ2) is 6.32. The maximum atomic E-state index is 12.6. The van der Waals surface area contributed by atoms with Crippen LogP contribution in [0.2, 0.25) is 0 Å². The number of rotatable bonds is 4. The lowest BCUT2D eigenvalue weighted by Crippen LogP contribution is -2.38. The van der Waals surface area contributed by atoms with E-state index >= 15 is 0 Å². The molecule has 1 N–H and O–H groups in total. The van der Waals surface area contributed by atoms with E-state index in [-0.39, 0.29) is 5.91 Å². The maximum absolute atomic E-state index is 12.6. The summed E-state index contributed by atoms with van der Waals surface area (Å²) in [6.07, 6.45) is 6.10. The van der Waals surface area contributed by atoms with E-state index in [9.17, 15) is 4.79 Å². The minimum Gasteiger partial charge on any atom is -0.349 e. The lowest BCUT2D eigenvalue weighted by atomic mass is 9.95. The SMILES string of the molecule is CCc1c(C)nn(-c2ccc(C(=O)N[C@@H]3C[C@H]4CC[C@@H]3C4)cc2)c1C. The first kappa shape index (κ1) is 16.4. The van der Waals surface area contributed by atoms with Gasteiger partial charge in [0.25, 0.3) is 5.91 Å². The van der Waals surface area contributed by atoms with E-state index in [2.05, 4.69) is 31.2 Å². The Balaban J connectivity index is 1.49. The fourth-order valence-electron chi connectivity index (χ4n) is 4.87. The van der Waals surface area contributed by atoms with Gasteiger partial charge in [-0.25, -0.2) is 4.68 Å². The van der Waals surface area contributed by atoms with Gasteiger partial charge in [-0.1, -0.05) is 13.3 Å². The van der Waals surface area contributed by atoms with Crippen molar-refractivity contribution < 1.29 is 4.79 Å². The Bertz CT molecular complexity index is 790. The number of nitrogens with one attached hydrogen (secondary N) is 1. The molecule has 3 atom stereocenters. The van der Waals surface area contributed by atoms with E-state index in [0.717, 1.165) is 29.3 Å². The zero-order chi connectivity index (χ0) is 17.6. The van der Waals surface area contributed by atoms with Crippen LogP contribution < -0.4 is 5.32 Å². The third-order valence-electron chi connectivity index (χ3n) is 6.22. The van der Waals surface area contributed by atoms with Crippen molar-refractivity contribution in [3.8, 4) is 5.69 Å². The van der Waals surface area contributed by atoms with Crippen molar-refractivity contribution in [2.75, 3.05) is 0 Å². The fraction of sp³-hybridized carbons (Fsp3) is 0.524. The molecule has 0 spiro atoms. The number of carbonyl (C=O) groups excluding carboxylic acids is 1. The molecule has 4 rings (SSSR count). The van der Waals surface area contributed by atoms with Gasteiger partial charge in [-0.3, -0.25) is 4.79 Å². The molecular formula is C21H27N3O. The molecule has 2 bridgehead atoms. The first-order valence-corrected chi connectivity index (χ1v) is 9.53. The van der Waals surface area contributed by atoms with Crippen LogP contribution in [-0.4, -0.2) is 21.7 Å². The third-order valence-corrected chi connectivity index (χ3v) is 6.22. The molecule has 1 amide bonds. The van der Waals surface area contributed by atoms with Crippen LogP contribution in [0.5, 0.6) is 0 Å². The summed E-state index contributed by atoms with van der Waals surface area (Å²) in [6, 6.07) is 8.21. The van der Waals surface area contributed by atoms with Gasteiger partial charge >= 0.3 is 0 Å². The van der Waals surface area contributed by atoms with Crippen LogP contribution in [-0.2, 0) is 6.42 Å². The standard InChI is InChI=1S/C21H27N3O/c1-4-19-13(2)23-24(14(19)3)18-9-7-16(8-10-18)21(25)22-20-12-15-5-6-17(20)11-15/h7-10,15,17,20H,4-6,11-12H2,1-3H3,(H,22,25)/t15-,17+,20+/m0/s1. The van der Waals surface area contributed by atoms with Gasteiger partial charge < -0.3 is 5.32 Å². The van der Waals surface area contributed by atoms with Crippen LogP contribution in [0, 0.1) is 25.7 Å². The molecule has 0 unspecified atom stereocenters. The van der Waals surface area contributed by atoms with Crippen LogP contribution in [0.15, 0.2) is 24.3 Å². The van der Waals surface area contributed by atoms with Crippen LogP contribution in [0.4, 0.5) is 0 Å². The lowest BCUT2D eigenvalue weighted by Gasteiger charge is -2.22. The molecule has 2 aromatic rings. The number of carbonyl (C=O) groups is 1. The van der Waals surface area contributed by atoms with E-state index in [1.807, 2.05) is 28.9 Å². The average Bonchev–Trinajstić information content (AvgIpc) is 3.30. The number of aromatic nitrogens is 2. The van der Waals surface area contributed by atoms with E-state index in [0.29, 0.717) is 12.0 Å². The highest BCUT2D eigenvalue weighted by atomic mass is 16.1. The van der Waals surface area contributed by atoms with Crippen molar-refractivity contribution >= 4 is 5.91 Å². The van der Waals surface area contributed by atoms with Crippen LogP contribution >= 0.6 is 0 Å². The molecule has 0 radical (unpaired) electrons. The molecule has 132 valence electrons. The summed E-state index contributed by atoms with van der Waals surface area (Å²) < 4.78 is 1.98. The minimum absolute atomic E-state index is 0.0618. The molecule has 1 aromatic carbocycles. The Kier molecular flexibility index (Phi) is 4.14. The summed E-state index contributed by atoms with van der Waals surface area (Å²) in [4.78, 5) is 12.6. The van der Waals surface area contributed by atoms with Crippen molar-refractivity contribution in [3.63, 3.8) is 0 Å². The number of hydrogen-bond acceptors (Lipinski definition) is 2. The van der Waals surface area contributed by atoms with E-state index in [4.69, 9.17) is 0 Å². The number of nitrogens with zero attached hydrogens (tertiary/aromatic N) is 2. The summed E-state index contributed by atoms with van der Waals surface area (Å²) >= 11 is 0.